The predicted octanol–water partition coefficient (Wildman–Crippen LogP) is -0.214. The smallest absolute Gasteiger partial charge is 0.256 e. The Morgan fingerprint density at radius 2 is 2.33 bits per heavy atom. The number of hydrogen-bond donors (Lipinski definition) is 1. The zero-order valence-corrected chi connectivity index (χ0v) is 10.0. The molecule has 0 atom stereocenters. The molecule has 0 amide bonds. The van der Waals surface area contributed by atoms with Gasteiger partial charge in [-0.1, -0.05) is 0 Å². The summed E-state index contributed by atoms with van der Waals surface area (Å²) in [6.45, 7) is 2.84. The van der Waals surface area contributed by atoms with E-state index in [9.17, 15) is 4.79 Å². The zero-order chi connectivity index (χ0) is 12.4. The van der Waals surface area contributed by atoms with Gasteiger partial charge in [0, 0.05) is 31.0 Å². The Labute approximate surface area is 104 Å². The topological polar surface area (TPSA) is 64.7 Å². The Kier molecular flexibility index (Phi) is 2.93. The lowest BCUT2D eigenvalue weighted by Crippen LogP contribution is -2.34. The summed E-state index contributed by atoms with van der Waals surface area (Å²) in [7, 11) is 0. The van der Waals surface area contributed by atoms with Crippen LogP contribution in [0.1, 0.15) is 11.3 Å². The molecular formula is C12H15N5O. The van der Waals surface area contributed by atoms with E-state index in [2.05, 4.69) is 15.4 Å². The first kappa shape index (κ1) is 11.2. The van der Waals surface area contributed by atoms with Crippen LogP contribution in [-0.2, 0) is 26.1 Å². The highest BCUT2D eigenvalue weighted by molar-refractivity contribution is 5.19. The fourth-order valence-electron chi connectivity index (χ4n) is 2.19. The van der Waals surface area contributed by atoms with Crippen LogP contribution < -0.4 is 10.9 Å². The molecule has 0 radical (unpaired) electrons. The van der Waals surface area contributed by atoms with E-state index in [0.29, 0.717) is 19.6 Å². The first-order valence-corrected chi connectivity index (χ1v) is 6.10. The van der Waals surface area contributed by atoms with Gasteiger partial charge >= 0.3 is 0 Å². The third kappa shape index (κ3) is 2.06. The van der Waals surface area contributed by atoms with Crippen molar-refractivity contribution in [2.24, 2.45) is 0 Å². The van der Waals surface area contributed by atoms with Gasteiger partial charge in [-0.15, -0.1) is 0 Å². The molecule has 0 bridgehead atoms. The van der Waals surface area contributed by atoms with Crippen molar-refractivity contribution in [1.29, 1.82) is 0 Å². The van der Waals surface area contributed by atoms with Crippen LogP contribution in [0.25, 0.3) is 0 Å². The molecule has 1 aliphatic rings. The van der Waals surface area contributed by atoms with Crippen molar-refractivity contribution in [2.45, 2.75) is 26.1 Å². The van der Waals surface area contributed by atoms with E-state index >= 15 is 0 Å². The van der Waals surface area contributed by atoms with E-state index < -0.39 is 0 Å². The van der Waals surface area contributed by atoms with Gasteiger partial charge in [-0.3, -0.25) is 14.0 Å². The quantitative estimate of drug-likeness (QED) is 0.812. The van der Waals surface area contributed by atoms with Crippen molar-refractivity contribution >= 4 is 0 Å². The first-order chi connectivity index (χ1) is 8.84. The second-order valence-electron chi connectivity index (χ2n) is 4.36. The maximum absolute atomic E-state index is 12.2. The lowest BCUT2D eigenvalue weighted by atomic mass is 10.1. The molecule has 18 heavy (non-hydrogen) atoms. The molecular weight excluding hydrogens is 230 g/mol. The molecule has 3 rings (SSSR count). The van der Waals surface area contributed by atoms with Gasteiger partial charge in [0.05, 0.1) is 18.6 Å². The van der Waals surface area contributed by atoms with Gasteiger partial charge in [0.2, 0.25) is 0 Å². The normalized spacial score (nSPS) is 14.4. The van der Waals surface area contributed by atoms with Gasteiger partial charge in [-0.25, -0.2) is 4.98 Å². The Morgan fingerprint density at radius 1 is 1.39 bits per heavy atom. The number of aryl methyl sites for hydroxylation is 2. The molecule has 94 valence electrons. The molecule has 0 aromatic carbocycles. The molecule has 2 aromatic heterocycles. The van der Waals surface area contributed by atoms with Crippen molar-refractivity contribution in [1.82, 2.24) is 24.6 Å². The van der Waals surface area contributed by atoms with Crippen LogP contribution >= 0.6 is 0 Å². The second kappa shape index (κ2) is 4.73. The average Bonchev–Trinajstić information content (AvgIpc) is 2.91. The maximum Gasteiger partial charge on any atom is 0.256 e. The lowest BCUT2D eigenvalue weighted by molar-refractivity contribution is 0.507. The highest BCUT2D eigenvalue weighted by Crippen LogP contribution is 2.05. The SMILES string of the molecule is O=c1c2c(ncn1CCn1cccn1)CNCC2. The Bertz CT molecular complexity index is 587. The molecule has 6 nitrogen and oxygen atoms in total. The lowest BCUT2D eigenvalue weighted by Gasteiger charge is -2.16. The molecule has 0 spiro atoms. The number of aromatic nitrogens is 4. The summed E-state index contributed by atoms with van der Waals surface area (Å²) in [6.07, 6.45) is 6.03. The van der Waals surface area contributed by atoms with Crippen molar-refractivity contribution in [2.75, 3.05) is 6.54 Å². The molecule has 0 unspecified atom stereocenters. The average molecular weight is 245 g/mol. The maximum atomic E-state index is 12.2. The molecule has 0 saturated heterocycles. The van der Waals surface area contributed by atoms with Gasteiger partial charge in [0.1, 0.15) is 0 Å². The standard InChI is InChI=1S/C12H15N5O/c18-12-10-2-4-13-8-11(10)14-9-16(12)6-7-17-5-1-3-15-17/h1,3,5,9,13H,2,4,6-8H2. The van der Waals surface area contributed by atoms with E-state index in [1.807, 2.05) is 16.9 Å². The molecule has 0 aliphatic carbocycles. The third-order valence-corrected chi connectivity index (χ3v) is 3.19. The molecule has 0 fully saturated rings. The molecule has 0 saturated carbocycles. The Morgan fingerprint density at radius 3 is 3.17 bits per heavy atom. The van der Waals surface area contributed by atoms with E-state index in [1.165, 1.54) is 0 Å². The number of hydrogen-bond acceptors (Lipinski definition) is 4. The molecule has 1 N–H and O–H groups in total. The van der Waals surface area contributed by atoms with Crippen molar-refractivity contribution in [3.8, 4) is 0 Å². The van der Waals surface area contributed by atoms with E-state index in [4.69, 9.17) is 0 Å². The third-order valence-electron chi connectivity index (χ3n) is 3.19. The largest absolute Gasteiger partial charge is 0.311 e. The van der Waals surface area contributed by atoms with Crippen molar-refractivity contribution in [3.05, 3.63) is 46.4 Å². The van der Waals surface area contributed by atoms with E-state index in [-0.39, 0.29) is 5.56 Å². The monoisotopic (exact) mass is 245 g/mol. The number of fused-ring (bicyclic) bond motifs is 1. The highest BCUT2D eigenvalue weighted by atomic mass is 16.1. The molecule has 1 aliphatic heterocycles. The number of nitrogens with one attached hydrogen (secondary N) is 1. The molecule has 6 heteroatoms. The summed E-state index contributed by atoms with van der Waals surface area (Å²) in [5, 5.41) is 7.34. The highest BCUT2D eigenvalue weighted by Gasteiger charge is 2.14. The Balaban J connectivity index is 1.82. The Hall–Kier alpha value is -1.95. The van der Waals surface area contributed by atoms with Crippen LogP contribution in [0.3, 0.4) is 0 Å². The van der Waals surface area contributed by atoms with Crippen LogP contribution in [0.4, 0.5) is 0 Å². The van der Waals surface area contributed by atoms with Crippen LogP contribution in [-0.4, -0.2) is 25.9 Å². The van der Waals surface area contributed by atoms with Crippen molar-refractivity contribution in [3.63, 3.8) is 0 Å². The van der Waals surface area contributed by atoms with E-state index in [0.717, 1.165) is 24.2 Å². The van der Waals surface area contributed by atoms with Gasteiger partial charge in [0.25, 0.3) is 5.56 Å². The summed E-state index contributed by atoms with van der Waals surface area (Å²) in [5.74, 6) is 0. The number of rotatable bonds is 3. The minimum Gasteiger partial charge on any atom is -0.311 e. The van der Waals surface area contributed by atoms with Gasteiger partial charge in [0.15, 0.2) is 0 Å². The fraction of sp³-hybridized carbons (Fsp3) is 0.417. The van der Waals surface area contributed by atoms with Crippen LogP contribution in [0.15, 0.2) is 29.6 Å². The summed E-state index contributed by atoms with van der Waals surface area (Å²) >= 11 is 0. The van der Waals surface area contributed by atoms with Crippen molar-refractivity contribution < 1.29 is 0 Å². The van der Waals surface area contributed by atoms with Gasteiger partial charge in [-0.05, 0) is 19.0 Å². The summed E-state index contributed by atoms with van der Waals surface area (Å²) in [4.78, 5) is 16.6. The van der Waals surface area contributed by atoms with Gasteiger partial charge < -0.3 is 5.32 Å². The van der Waals surface area contributed by atoms with Gasteiger partial charge in [-0.2, -0.15) is 5.10 Å². The summed E-state index contributed by atoms with van der Waals surface area (Å²) in [6, 6.07) is 1.87. The molecule has 2 aromatic rings. The predicted molar refractivity (Wildman–Crippen MR) is 66.1 cm³/mol. The van der Waals surface area contributed by atoms with E-state index in [1.54, 1.807) is 17.1 Å². The summed E-state index contributed by atoms with van der Waals surface area (Å²) in [5.41, 5.74) is 1.84. The second-order valence-corrected chi connectivity index (χ2v) is 4.36. The first-order valence-electron chi connectivity index (χ1n) is 6.10. The van der Waals surface area contributed by atoms with Crippen LogP contribution in [0, 0.1) is 0 Å². The minimum absolute atomic E-state index is 0.0913. The summed E-state index contributed by atoms with van der Waals surface area (Å²) < 4.78 is 3.49. The van der Waals surface area contributed by atoms with Crippen LogP contribution in [0.5, 0.6) is 0 Å². The number of nitrogens with zero attached hydrogens (tertiary/aromatic N) is 4. The fourth-order valence-corrected chi connectivity index (χ4v) is 2.19. The minimum atomic E-state index is 0.0913. The molecule has 3 heterocycles. The zero-order valence-electron chi connectivity index (χ0n) is 10.0. The van der Waals surface area contributed by atoms with Crippen LogP contribution in [0.2, 0.25) is 0 Å².